The molecule has 7 heteroatoms. The molecule has 0 spiro atoms. The van der Waals surface area contributed by atoms with Gasteiger partial charge in [0.05, 0.1) is 23.9 Å². The summed E-state index contributed by atoms with van der Waals surface area (Å²) >= 11 is 12.0. The topological polar surface area (TPSA) is 70.9 Å². The lowest BCUT2D eigenvalue weighted by Gasteiger charge is -2.08. The fourth-order valence-electron chi connectivity index (χ4n) is 1.95. The molecule has 120 valence electrons. The standard InChI is InChI=1S/C16H14Cl2N2O3/c1-9-4-3-5-12(14(9)21)16(22)20-19-8-10-6-11(17)7-13(18)15(10)23-2/h3-8,21H,1-2H3,(H,20,22)/b19-8-. The van der Waals surface area contributed by atoms with Gasteiger partial charge in [0.2, 0.25) is 0 Å². The highest BCUT2D eigenvalue weighted by Crippen LogP contribution is 2.31. The zero-order valence-corrected chi connectivity index (χ0v) is 13.9. The zero-order valence-electron chi connectivity index (χ0n) is 12.4. The van der Waals surface area contributed by atoms with Gasteiger partial charge in [0.1, 0.15) is 11.5 Å². The summed E-state index contributed by atoms with van der Waals surface area (Å²) in [4.78, 5) is 12.0. The van der Waals surface area contributed by atoms with Crippen LogP contribution in [0.2, 0.25) is 10.0 Å². The number of hydrazone groups is 1. The number of amides is 1. The highest BCUT2D eigenvalue weighted by Gasteiger charge is 2.12. The van der Waals surface area contributed by atoms with Crippen LogP contribution in [0.25, 0.3) is 0 Å². The molecule has 0 saturated carbocycles. The third kappa shape index (κ3) is 3.94. The van der Waals surface area contributed by atoms with Crippen molar-refractivity contribution < 1.29 is 14.6 Å². The molecule has 0 aliphatic rings. The summed E-state index contributed by atoms with van der Waals surface area (Å²) in [5.41, 5.74) is 3.59. The number of nitrogens with one attached hydrogen (secondary N) is 1. The number of nitrogens with zero attached hydrogens (tertiary/aromatic N) is 1. The van der Waals surface area contributed by atoms with Crippen LogP contribution in [0, 0.1) is 6.92 Å². The summed E-state index contributed by atoms with van der Waals surface area (Å²) in [7, 11) is 1.47. The Balaban J connectivity index is 2.19. The molecular formula is C16H14Cl2N2O3. The molecule has 0 aliphatic heterocycles. The average molecular weight is 353 g/mol. The molecule has 23 heavy (non-hydrogen) atoms. The molecule has 2 aromatic rings. The van der Waals surface area contributed by atoms with E-state index >= 15 is 0 Å². The second kappa shape index (κ2) is 7.35. The quantitative estimate of drug-likeness (QED) is 0.649. The largest absolute Gasteiger partial charge is 0.507 e. The molecule has 0 aliphatic carbocycles. The van der Waals surface area contributed by atoms with Crippen LogP contribution in [0.1, 0.15) is 21.5 Å². The van der Waals surface area contributed by atoms with E-state index in [-0.39, 0.29) is 11.3 Å². The van der Waals surface area contributed by atoms with Gasteiger partial charge in [-0.15, -0.1) is 0 Å². The molecule has 0 atom stereocenters. The predicted molar refractivity (Wildman–Crippen MR) is 90.9 cm³/mol. The van der Waals surface area contributed by atoms with Crippen LogP contribution in [-0.4, -0.2) is 24.3 Å². The van der Waals surface area contributed by atoms with Gasteiger partial charge in [0.25, 0.3) is 5.91 Å². The van der Waals surface area contributed by atoms with Gasteiger partial charge in [-0.2, -0.15) is 5.10 Å². The minimum atomic E-state index is -0.533. The van der Waals surface area contributed by atoms with Gasteiger partial charge in [0, 0.05) is 10.6 Å². The second-order valence-corrected chi connectivity index (χ2v) is 5.52. The van der Waals surface area contributed by atoms with Crippen molar-refractivity contribution >= 4 is 35.3 Å². The first-order valence-electron chi connectivity index (χ1n) is 6.59. The van der Waals surface area contributed by atoms with Gasteiger partial charge in [-0.3, -0.25) is 4.79 Å². The lowest BCUT2D eigenvalue weighted by molar-refractivity contribution is 0.0952. The molecular weight excluding hydrogens is 339 g/mol. The predicted octanol–water partition coefficient (Wildman–Crippen LogP) is 3.78. The van der Waals surface area contributed by atoms with Crippen molar-refractivity contribution in [2.45, 2.75) is 6.92 Å². The Morgan fingerprint density at radius 3 is 2.78 bits per heavy atom. The number of rotatable bonds is 4. The maximum atomic E-state index is 12.0. The number of carbonyl (C=O) groups excluding carboxylic acids is 1. The van der Waals surface area contributed by atoms with E-state index in [9.17, 15) is 9.90 Å². The van der Waals surface area contributed by atoms with Crippen molar-refractivity contribution in [2.75, 3.05) is 7.11 Å². The first-order chi connectivity index (χ1) is 10.9. The highest BCUT2D eigenvalue weighted by molar-refractivity contribution is 6.36. The molecule has 0 heterocycles. The fourth-order valence-corrected chi connectivity index (χ4v) is 2.54. The summed E-state index contributed by atoms with van der Waals surface area (Å²) in [6.45, 7) is 1.70. The Bertz CT molecular complexity index is 776. The van der Waals surface area contributed by atoms with E-state index < -0.39 is 5.91 Å². The zero-order chi connectivity index (χ0) is 17.0. The van der Waals surface area contributed by atoms with E-state index in [0.29, 0.717) is 26.9 Å². The number of para-hydroxylation sites is 1. The highest BCUT2D eigenvalue weighted by atomic mass is 35.5. The molecule has 5 nitrogen and oxygen atoms in total. The third-order valence-corrected chi connectivity index (χ3v) is 3.59. The Labute approximate surface area is 143 Å². The number of benzene rings is 2. The van der Waals surface area contributed by atoms with Crippen LogP contribution in [0.15, 0.2) is 35.4 Å². The minimum Gasteiger partial charge on any atom is -0.507 e. The number of phenols is 1. The Hall–Kier alpha value is -2.24. The van der Waals surface area contributed by atoms with E-state index in [0.717, 1.165) is 0 Å². The maximum Gasteiger partial charge on any atom is 0.275 e. The molecule has 1 amide bonds. The lowest BCUT2D eigenvalue weighted by Crippen LogP contribution is -2.18. The number of hydrogen-bond donors (Lipinski definition) is 2. The molecule has 2 aromatic carbocycles. The Morgan fingerprint density at radius 2 is 2.09 bits per heavy atom. The number of methoxy groups -OCH3 is 1. The Morgan fingerprint density at radius 1 is 1.35 bits per heavy atom. The van der Waals surface area contributed by atoms with Crippen LogP contribution < -0.4 is 10.2 Å². The van der Waals surface area contributed by atoms with Crippen LogP contribution in [0.4, 0.5) is 0 Å². The number of phenolic OH excluding ortho intramolecular Hbond substituents is 1. The van der Waals surface area contributed by atoms with Gasteiger partial charge in [-0.1, -0.05) is 35.3 Å². The SMILES string of the molecule is COc1c(Cl)cc(Cl)cc1/C=N\NC(=O)c1cccc(C)c1O. The van der Waals surface area contributed by atoms with E-state index in [4.69, 9.17) is 27.9 Å². The summed E-state index contributed by atoms with van der Waals surface area (Å²) in [5, 5.41) is 14.5. The van der Waals surface area contributed by atoms with Gasteiger partial charge >= 0.3 is 0 Å². The third-order valence-electron chi connectivity index (χ3n) is 3.09. The summed E-state index contributed by atoms with van der Waals surface area (Å²) in [6, 6.07) is 8.03. The van der Waals surface area contributed by atoms with Crippen molar-refractivity contribution in [1.29, 1.82) is 0 Å². The summed E-state index contributed by atoms with van der Waals surface area (Å²) < 4.78 is 5.17. The second-order valence-electron chi connectivity index (χ2n) is 4.68. The van der Waals surface area contributed by atoms with Gasteiger partial charge in [-0.25, -0.2) is 5.43 Å². The van der Waals surface area contributed by atoms with Crippen molar-refractivity contribution in [3.63, 3.8) is 0 Å². The molecule has 0 saturated heterocycles. The lowest BCUT2D eigenvalue weighted by atomic mass is 10.1. The molecule has 0 fully saturated rings. The number of halogens is 2. The van der Waals surface area contributed by atoms with Crippen molar-refractivity contribution in [2.24, 2.45) is 5.10 Å². The number of carbonyl (C=O) groups is 1. The van der Waals surface area contributed by atoms with E-state index in [1.54, 1.807) is 31.2 Å². The maximum absolute atomic E-state index is 12.0. The first kappa shape index (κ1) is 17.1. The molecule has 0 aromatic heterocycles. The smallest absolute Gasteiger partial charge is 0.275 e. The van der Waals surface area contributed by atoms with Crippen molar-refractivity contribution in [3.8, 4) is 11.5 Å². The number of aromatic hydroxyl groups is 1. The molecule has 0 radical (unpaired) electrons. The van der Waals surface area contributed by atoms with Crippen LogP contribution in [0.3, 0.4) is 0 Å². The average Bonchev–Trinajstić information content (AvgIpc) is 2.49. The van der Waals surface area contributed by atoms with E-state index in [1.807, 2.05) is 0 Å². The number of hydrogen-bond acceptors (Lipinski definition) is 4. The van der Waals surface area contributed by atoms with Crippen LogP contribution in [0.5, 0.6) is 11.5 Å². The van der Waals surface area contributed by atoms with Gasteiger partial charge < -0.3 is 9.84 Å². The number of ether oxygens (including phenoxy) is 1. The van der Waals surface area contributed by atoms with E-state index in [1.165, 1.54) is 19.4 Å². The summed E-state index contributed by atoms with van der Waals surface area (Å²) in [6.07, 6.45) is 1.36. The Kier molecular flexibility index (Phi) is 5.47. The van der Waals surface area contributed by atoms with E-state index in [2.05, 4.69) is 10.5 Å². The minimum absolute atomic E-state index is 0.0800. The van der Waals surface area contributed by atoms with Crippen molar-refractivity contribution in [3.05, 3.63) is 57.1 Å². The van der Waals surface area contributed by atoms with Crippen molar-refractivity contribution in [1.82, 2.24) is 5.43 Å². The van der Waals surface area contributed by atoms with Gasteiger partial charge in [0.15, 0.2) is 0 Å². The molecule has 0 unspecified atom stereocenters. The normalized spacial score (nSPS) is 10.8. The summed E-state index contributed by atoms with van der Waals surface area (Å²) in [5.74, 6) is -0.217. The molecule has 2 N–H and O–H groups in total. The molecule has 2 rings (SSSR count). The number of aryl methyl sites for hydroxylation is 1. The molecule has 0 bridgehead atoms. The first-order valence-corrected chi connectivity index (χ1v) is 7.34. The monoisotopic (exact) mass is 352 g/mol. The van der Waals surface area contributed by atoms with Crippen LogP contribution >= 0.6 is 23.2 Å². The van der Waals surface area contributed by atoms with Crippen LogP contribution in [-0.2, 0) is 0 Å². The van der Waals surface area contributed by atoms with Gasteiger partial charge in [-0.05, 0) is 30.7 Å². The fraction of sp³-hybridized carbons (Fsp3) is 0.125.